The molecule has 18 heavy (non-hydrogen) atoms. The van der Waals surface area contributed by atoms with Gasteiger partial charge in [0, 0.05) is 19.0 Å². The van der Waals surface area contributed by atoms with Gasteiger partial charge in [0.05, 0.1) is 5.56 Å². The van der Waals surface area contributed by atoms with Crippen molar-refractivity contribution in [2.75, 3.05) is 6.54 Å². The number of aromatic nitrogens is 2. The van der Waals surface area contributed by atoms with Crippen LogP contribution in [0.3, 0.4) is 0 Å². The Morgan fingerprint density at radius 1 is 1.39 bits per heavy atom. The van der Waals surface area contributed by atoms with Gasteiger partial charge in [-0.2, -0.15) is 0 Å². The Bertz CT molecular complexity index is 542. The topological polar surface area (TPSA) is 51.0 Å². The van der Waals surface area contributed by atoms with Crippen LogP contribution in [-0.2, 0) is 6.42 Å². The van der Waals surface area contributed by atoms with Crippen molar-refractivity contribution in [3.63, 3.8) is 0 Å². The van der Waals surface area contributed by atoms with Gasteiger partial charge in [-0.25, -0.2) is 0 Å². The van der Waals surface area contributed by atoms with E-state index in [1.165, 1.54) is 12.8 Å². The van der Waals surface area contributed by atoms with Crippen LogP contribution >= 0.6 is 11.3 Å². The molecule has 0 atom stereocenters. The van der Waals surface area contributed by atoms with E-state index in [0.717, 1.165) is 46.1 Å². The van der Waals surface area contributed by atoms with E-state index in [9.17, 15) is 0 Å². The highest BCUT2D eigenvalue weighted by Crippen LogP contribution is 2.29. The highest BCUT2D eigenvalue weighted by Gasteiger charge is 2.20. The third kappa shape index (κ3) is 2.62. The number of hydrogen-bond acceptors (Lipinski definition) is 5. The smallest absolute Gasteiger partial charge is 0.151 e. The van der Waals surface area contributed by atoms with Crippen molar-refractivity contribution in [2.45, 2.75) is 39.2 Å². The van der Waals surface area contributed by atoms with Crippen LogP contribution in [0.1, 0.15) is 29.4 Å². The molecule has 96 valence electrons. The SMILES string of the molecule is Cc1cc(-c2nnc(CCNC3CC3)s2)c(C)o1. The molecule has 2 heterocycles. The molecule has 1 aliphatic rings. The molecule has 0 spiro atoms. The van der Waals surface area contributed by atoms with Gasteiger partial charge in [0.15, 0.2) is 5.01 Å². The number of nitrogens with one attached hydrogen (secondary N) is 1. The summed E-state index contributed by atoms with van der Waals surface area (Å²) in [4.78, 5) is 0. The molecule has 0 saturated heterocycles. The second-order valence-corrected chi connectivity index (χ2v) is 5.87. The van der Waals surface area contributed by atoms with Gasteiger partial charge in [0.25, 0.3) is 0 Å². The Balaban J connectivity index is 1.66. The van der Waals surface area contributed by atoms with Gasteiger partial charge in [0.2, 0.25) is 0 Å². The van der Waals surface area contributed by atoms with Crippen LogP contribution < -0.4 is 5.32 Å². The van der Waals surface area contributed by atoms with Crippen molar-refractivity contribution in [1.82, 2.24) is 15.5 Å². The lowest BCUT2D eigenvalue weighted by atomic mass is 10.2. The van der Waals surface area contributed by atoms with Crippen LogP contribution in [-0.4, -0.2) is 22.8 Å². The summed E-state index contributed by atoms with van der Waals surface area (Å²) >= 11 is 1.66. The van der Waals surface area contributed by atoms with Crippen LogP contribution in [0.25, 0.3) is 10.6 Å². The summed E-state index contributed by atoms with van der Waals surface area (Å²) in [7, 11) is 0. The van der Waals surface area contributed by atoms with Crippen LogP contribution in [0.2, 0.25) is 0 Å². The summed E-state index contributed by atoms with van der Waals surface area (Å²) in [6.07, 6.45) is 3.62. The molecule has 5 heteroatoms. The molecule has 2 aromatic heterocycles. The lowest BCUT2D eigenvalue weighted by molar-refractivity contribution is 0.505. The van der Waals surface area contributed by atoms with Gasteiger partial charge < -0.3 is 9.73 Å². The molecule has 1 aliphatic carbocycles. The number of nitrogens with zero attached hydrogens (tertiary/aromatic N) is 2. The van der Waals surface area contributed by atoms with Gasteiger partial charge in [-0.3, -0.25) is 0 Å². The predicted octanol–water partition coefficient (Wildman–Crippen LogP) is 2.71. The quantitative estimate of drug-likeness (QED) is 0.901. The van der Waals surface area contributed by atoms with Crippen molar-refractivity contribution in [3.8, 4) is 10.6 Å². The van der Waals surface area contributed by atoms with Crippen molar-refractivity contribution < 1.29 is 4.42 Å². The Labute approximate surface area is 110 Å². The molecule has 0 radical (unpaired) electrons. The van der Waals surface area contributed by atoms with Crippen molar-refractivity contribution >= 4 is 11.3 Å². The zero-order valence-electron chi connectivity index (χ0n) is 10.7. The highest BCUT2D eigenvalue weighted by molar-refractivity contribution is 7.14. The maximum absolute atomic E-state index is 5.53. The fraction of sp³-hybridized carbons (Fsp3) is 0.538. The van der Waals surface area contributed by atoms with Crippen molar-refractivity contribution in [2.24, 2.45) is 0 Å². The monoisotopic (exact) mass is 263 g/mol. The maximum Gasteiger partial charge on any atom is 0.151 e. The van der Waals surface area contributed by atoms with E-state index in [2.05, 4.69) is 15.5 Å². The molecule has 4 nitrogen and oxygen atoms in total. The van der Waals surface area contributed by atoms with E-state index < -0.39 is 0 Å². The third-order valence-electron chi connectivity index (χ3n) is 3.09. The first-order chi connectivity index (χ1) is 8.72. The van der Waals surface area contributed by atoms with Crippen molar-refractivity contribution in [3.05, 3.63) is 22.6 Å². The van der Waals surface area contributed by atoms with E-state index in [4.69, 9.17) is 4.42 Å². The van der Waals surface area contributed by atoms with E-state index in [1.807, 2.05) is 19.9 Å². The van der Waals surface area contributed by atoms with Crippen LogP contribution in [0.15, 0.2) is 10.5 Å². The Morgan fingerprint density at radius 2 is 2.22 bits per heavy atom. The maximum atomic E-state index is 5.53. The molecule has 1 fully saturated rings. The Morgan fingerprint density at radius 3 is 2.89 bits per heavy atom. The Kier molecular flexibility index (Phi) is 3.18. The summed E-state index contributed by atoms with van der Waals surface area (Å²) in [6, 6.07) is 2.79. The van der Waals surface area contributed by atoms with E-state index in [1.54, 1.807) is 11.3 Å². The molecule has 1 saturated carbocycles. The lowest BCUT2D eigenvalue weighted by Crippen LogP contribution is -2.19. The molecule has 0 aromatic carbocycles. The fourth-order valence-corrected chi connectivity index (χ4v) is 2.88. The largest absolute Gasteiger partial charge is 0.466 e. The van der Waals surface area contributed by atoms with Crippen LogP contribution in [0, 0.1) is 13.8 Å². The van der Waals surface area contributed by atoms with Gasteiger partial charge in [-0.05, 0) is 32.8 Å². The zero-order chi connectivity index (χ0) is 12.5. The van der Waals surface area contributed by atoms with Gasteiger partial charge >= 0.3 is 0 Å². The summed E-state index contributed by atoms with van der Waals surface area (Å²) < 4.78 is 5.53. The normalized spacial score (nSPS) is 15.2. The minimum atomic E-state index is 0.760. The first-order valence-corrected chi connectivity index (χ1v) is 7.17. The van der Waals surface area contributed by atoms with E-state index in [-0.39, 0.29) is 0 Å². The minimum absolute atomic E-state index is 0.760. The lowest BCUT2D eigenvalue weighted by Gasteiger charge is -1.97. The number of hydrogen-bond donors (Lipinski definition) is 1. The van der Waals surface area contributed by atoms with Gasteiger partial charge in [-0.1, -0.05) is 11.3 Å². The average Bonchev–Trinajstić information content (AvgIpc) is 2.92. The molecule has 2 aromatic rings. The summed E-state index contributed by atoms with van der Waals surface area (Å²) in [6.45, 7) is 4.93. The van der Waals surface area contributed by atoms with Crippen molar-refractivity contribution in [1.29, 1.82) is 0 Å². The van der Waals surface area contributed by atoms with E-state index >= 15 is 0 Å². The predicted molar refractivity (Wildman–Crippen MR) is 71.8 cm³/mol. The number of furan rings is 1. The molecule has 0 unspecified atom stereocenters. The highest BCUT2D eigenvalue weighted by atomic mass is 32.1. The van der Waals surface area contributed by atoms with Gasteiger partial charge in [-0.15, -0.1) is 10.2 Å². The molecule has 1 N–H and O–H groups in total. The fourth-order valence-electron chi connectivity index (χ4n) is 1.98. The summed E-state index contributed by atoms with van der Waals surface area (Å²) in [5.74, 6) is 1.85. The molecular formula is C13H17N3OS. The molecule has 3 rings (SSSR count). The Hall–Kier alpha value is -1.20. The molecule has 0 bridgehead atoms. The molecule has 0 aliphatic heterocycles. The molecule has 0 amide bonds. The second-order valence-electron chi connectivity index (χ2n) is 4.81. The van der Waals surface area contributed by atoms with Crippen LogP contribution in [0.4, 0.5) is 0 Å². The van der Waals surface area contributed by atoms with Crippen LogP contribution in [0.5, 0.6) is 0 Å². The summed E-state index contributed by atoms with van der Waals surface area (Å²) in [5, 5.41) is 14.0. The first kappa shape index (κ1) is 11.9. The van der Waals surface area contributed by atoms with E-state index in [0.29, 0.717) is 0 Å². The zero-order valence-corrected chi connectivity index (χ0v) is 11.5. The summed E-state index contributed by atoms with van der Waals surface area (Å²) in [5.41, 5.74) is 1.08. The second kappa shape index (κ2) is 4.82. The standard InChI is InChI=1S/C13H17N3OS/c1-8-7-11(9(2)17-8)13-16-15-12(18-13)5-6-14-10-3-4-10/h7,10,14H,3-6H2,1-2H3. The molecular weight excluding hydrogens is 246 g/mol. The number of rotatable bonds is 5. The van der Waals surface area contributed by atoms with Gasteiger partial charge in [0.1, 0.15) is 16.5 Å². The third-order valence-corrected chi connectivity index (χ3v) is 4.10. The minimum Gasteiger partial charge on any atom is -0.466 e. The average molecular weight is 263 g/mol. The number of aryl methyl sites for hydroxylation is 2. The first-order valence-electron chi connectivity index (χ1n) is 6.35.